The van der Waals surface area contributed by atoms with Crippen LogP contribution >= 0.6 is 27.3 Å². The quantitative estimate of drug-likeness (QED) is 0.763. The summed E-state index contributed by atoms with van der Waals surface area (Å²) in [6.45, 7) is 2.10. The molecule has 1 heterocycles. The maximum absolute atomic E-state index is 4.65. The normalized spacial score (nSPS) is 37.1. The number of rotatable bonds is 3. The van der Waals surface area contributed by atoms with Gasteiger partial charge in [-0.3, -0.25) is 0 Å². The molecule has 0 aromatic carbocycles. The van der Waals surface area contributed by atoms with Gasteiger partial charge in [-0.2, -0.15) is 0 Å². The Hall–Kier alpha value is 0.110. The molecule has 1 nitrogen and oxygen atoms in total. The third-order valence-corrected chi connectivity index (χ3v) is 6.62. The molecule has 2 fully saturated rings. The monoisotopic (exact) mass is 299 g/mol. The van der Waals surface area contributed by atoms with Gasteiger partial charge >= 0.3 is 0 Å². The Balaban J connectivity index is 1.81. The standard InChI is InChI=1S/C13H18BrNS/c1-9-7-16-12(15-9)6-13(8-14)5-10-2-3-11(13)4-10/h7,10-11H,2-6,8H2,1H3. The van der Waals surface area contributed by atoms with E-state index < -0.39 is 0 Å². The van der Waals surface area contributed by atoms with E-state index in [4.69, 9.17) is 0 Å². The fraction of sp³-hybridized carbons (Fsp3) is 0.769. The lowest BCUT2D eigenvalue weighted by molar-refractivity contribution is 0.196. The van der Waals surface area contributed by atoms with Gasteiger partial charge in [0.05, 0.1) is 5.01 Å². The molecule has 2 aliphatic carbocycles. The van der Waals surface area contributed by atoms with Crippen LogP contribution in [0.5, 0.6) is 0 Å². The molecule has 1 aromatic heterocycles. The van der Waals surface area contributed by atoms with Gasteiger partial charge in [-0.1, -0.05) is 22.4 Å². The lowest BCUT2D eigenvalue weighted by atomic mass is 9.72. The maximum Gasteiger partial charge on any atom is 0.0934 e. The van der Waals surface area contributed by atoms with Crippen molar-refractivity contribution >= 4 is 27.3 Å². The van der Waals surface area contributed by atoms with Crippen molar-refractivity contribution < 1.29 is 0 Å². The van der Waals surface area contributed by atoms with E-state index in [9.17, 15) is 0 Å². The molecule has 88 valence electrons. The van der Waals surface area contributed by atoms with Crippen LogP contribution < -0.4 is 0 Å². The highest BCUT2D eigenvalue weighted by molar-refractivity contribution is 9.09. The summed E-state index contributed by atoms with van der Waals surface area (Å²) in [7, 11) is 0. The Labute approximate surface area is 110 Å². The van der Waals surface area contributed by atoms with Crippen molar-refractivity contribution in [1.29, 1.82) is 0 Å². The van der Waals surface area contributed by atoms with Gasteiger partial charge in [-0.25, -0.2) is 4.98 Å². The maximum atomic E-state index is 4.65. The molecule has 1 aromatic rings. The topological polar surface area (TPSA) is 12.9 Å². The average molecular weight is 300 g/mol. The number of aryl methyl sites for hydroxylation is 1. The van der Waals surface area contributed by atoms with E-state index in [0.29, 0.717) is 5.41 Å². The Bertz CT molecular complexity index is 389. The van der Waals surface area contributed by atoms with Crippen molar-refractivity contribution in [3.63, 3.8) is 0 Å². The molecular formula is C13H18BrNS. The molecule has 16 heavy (non-hydrogen) atoms. The van der Waals surface area contributed by atoms with Gasteiger partial charge < -0.3 is 0 Å². The highest BCUT2D eigenvalue weighted by Crippen LogP contribution is 2.58. The highest BCUT2D eigenvalue weighted by atomic mass is 79.9. The summed E-state index contributed by atoms with van der Waals surface area (Å²) in [5.41, 5.74) is 1.72. The fourth-order valence-corrected chi connectivity index (χ4v) is 5.58. The van der Waals surface area contributed by atoms with Crippen LogP contribution in [-0.4, -0.2) is 10.3 Å². The van der Waals surface area contributed by atoms with Crippen LogP contribution in [0, 0.1) is 24.2 Å². The smallest absolute Gasteiger partial charge is 0.0934 e. The fourth-order valence-electron chi connectivity index (χ4n) is 3.77. The lowest BCUT2D eigenvalue weighted by Crippen LogP contribution is -2.32. The summed E-state index contributed by atoms with van der Waals surface area (Å²) in [5.74, 6) is 1.98. The first-order valence-electron chi connectivity index (χ1n) is 6.19. The number of fused-ring (bicyclic) bond motifs is 2. The minimum atomic E-state index is 0.535. The zero-order valence-corrected chi connectivity index (χ0v) is 12.1. The third kappa shape index (κ3) is 1.76. The SMILES string of the molecule is Cc1csc(CC2(CBr)CC3CCC2C3)n1. The van der Waals surface area contributed by atoms with Crippen molar-refractivity contribution in [3.8, 4) is 0 Å². The van der Waals surface area contributed by atoms with E-state index in [1.54, 1.807) is 0 Å². The van der Waals surface area contributed by atoms with Crippen LogP contribution in [0.2, 0.25) is 0 Å². The number of thiazole rings is 1. The molecule has 2 saturated carbocycles. The van der Waals surface area contributed by atoms with Gasteiger partial charge in [0.2, 0.25) is 0 Å². The van der Waals surface area contributed by atoms with E-state index >= 15 is 0 Å². The van der Waals surface area contributed by atoms with Crippen molar-refractivity contribution in [2.45, 2.75) is 39.0 Å². The molecule has 3 heteroatoms. The Morgan fingerprint density at radius 3 is 2.94 bits per heavy atom. The van der Waals surface area contributed by atoms with Gasteiger partial charge in [0.15, 0.2) is 0 Å². The Kier molecular flexibility index (Phi) is 2.87. The van der Waals surface area contributed by atoms with Gasteiger partial charge in [-0.15, -0.1) is 11.3 Å². The first-order valence-corrected chi connectivity index (χ1v) is 8.19. The van der Waals surface area contributed by atoms with E-state index in [1.807, 2.05) is 11.3 Å². The summed E-state index contributed by atoms with van der Waals surface area (Å²) in [6, 6.07) is 0. The van der Waals surface area contributed by atoms with Crippen molar-refractivity contribution in [1.82, 2.24) is 4.98 Å². The summed E-state index contributed by atoms with van der Waals surface area (Å²) in [6.07, 6.45) is 7.06. The lowest BCUT2D eigenvalue weighted by Gasteiger charge is -2.35. The minimum Gasteiger partial charge on any atom is -0.247 e. The van der Waals surface area contributed by atoms with E-state index in [0.717, 1.165) is 11.8 Å². The third-order valence-electron chi connectivity index (χ3n) is 4.54. The van der Waals surface area contributed by atoms with Crippen LogP contribution in [0.1, 0.15) is 36.4 Å². The van der Waals surface area contributed by atoms with Gasteiger partial charge in [-0.05, 0) is 43.4 Å². The number of alkyl halides is 1. The molecule has 0 amide bonds. The van der Waals surface area contributed by atoms with E-state index in [1.165, 1.54) is 48.1 Å². The molecule has 0 spiro atoms. The van der Waals surface area contributed by atoms with Crippen molar-refractivity contribution in [2.75, 3.05) is 5.33 Å². The zero-order valence-electron chi connectivity index (χ0n) is 9.71. The Morgan fingerprint density at radius 1 is 1.56 bits per heavy atom. The molecule has 3 unspecified atom stereocenters. The molecule has 3 atom stereocenters. The van der Waals surface area contributed by atoms with Gasteiger partial charge in [0, 0.05) is 22.8 Å². The first kappa shape index (κ1) is 11.2. The number of halogens is 1. The summed E-state index contributed by atoms with van der Waals surface area (Å²) in [4.78, 5) is 4.65. The first-order chi connectivity index (χ1) is 7.72. The molecule has 3 rings (SSSR count). The van der Waals surface area contributed by atoms with Gasteiger partial charge in [0.1, 0.15) is 0 Å². The van der Waals surface area contributed by atoms with Crippen molar-refractivity contribution in [2.24, 2.45) is 17.3 Å². The summed E-state index contributed by atoms with van der Waals surface area (Å²) in [5, 5.41) is 4.70. The molecule has 0 N–H and O–H groups in total. The molecule has 2 bridgehead atoms. The van der Waals surface area contributed by atoms with E-state index in [-0.39, 0.29) is 0 Å². The van der Waals surface area contributed by atoms with Crippen molar-refractivity contribution in [3.05, 3.63) is 16.1 Å². The molecule has 0 radical (unpaired) electrons. The van der Waals surface area contributed by atoms with Crippen LogP contribution in [0.15, 0.2) is 5.38 Å². The number of hydrogen-bond donors (Lipinski definition) is 0. The van der Waals surface area contributed by atoms with Crippen LogP contribution in [0.25, 0.3) is 0 Å². The number of hydrogen-bond acceptors (Lipinski definition) is 2. The molecular weight excluding hydrogens is 282 g/mol. The second-order valence-corrected chi connectivity index (χ2v) is 7.14. The number of nitrogens with zero attached hydrogens (tertiary/aromatic N) is 1. The highest BCUT2D eigenvalue weighted by Gasteiger charge is 2.50. The minimum absolute atomic E-state index is 0.535. The van der Waals surface area contributed by atoms with Gasteiger partial charge in [0.25, 0.3) is 0 Å². The molecule has 0 aliphatic heterocycles. The molecule has 2 aliphatic rings. The second kappa shape index (κ2) is 4.09. The average Bonchev–Trinajstić information content (AvgIpc) is 2.94. The van der Waals surface area contributed by atoms with E-state index in [2.05, 4.69) is 33.2 Å². The largest absolute Gasteiger partial charge is 0.247 e. The summed E-state index contributed by atoms with van der Waals surface area (Å²) >= 11 is 5.62. The second-order valence-electron chi connectivity index (χ2n) is 5.64. The van der Waals surface area contributed by atoms with Crippen LogP contribution in [0.4, 0.5) is 0 Å². The predicted octanol–water partition coefficient (Wildman–Crippen LogP) is 4.20. The van der Waals surface area contributed by atoms with Crippen LogP contribution in [-0.2, 0) is 6.42 Å². The molecule has 0 saturated heterocycles. The zero-order chi connectivity index (χ0) is 11.2. The van der Waals surface area contributed by atoms with Crippen LogP contribution in [0.3, 0.4) is 0 Å². The summed E-state index contributed by atoms with van der Waals surface area (Å²) < 4.78 is 0. The predicted molar refractivity (Wildman–Crippen MR) is 72.2 cm³/mol. The number of aromatic nitrogens is 1. The Morgan fingerprint density at radius 2 is 2.44 bits per heavy atom.